The predicted molar refractivity (Wildman–Crippen MR) is 54.5 cm³/mol. The topological polar surface area (TPSA) is 129 Å². The smallest absolute Gasteiger partial charge is 0.264 e. The average Bonchev–Trinajstić information content (AvgIpc) is 2.14. The van der Waals surface area contributed by atoms with Crippen LogP contribution in [0.1, 0.15) is 11.1 Å². The van der Waals surface area contributed by atoms with E-state index in [1.165, 1.54) is 6.07 Å². The molecule has 9 nitrogen and oxygen atoms in total. The van der Waals surface area contributed by atoms with Gasteiger partial charge in [0, 0.05) is 33.1 Å². The van der Waals surface area contributed by atoms with Gasteiger partial charge in [-0.25, -0.2) is 0 Å². The molecular weight excluding hydrogens is 234 g/mol. The van der Waals surface area contributed by atoms with Crippen LogP contribution in [0.4, 0.5) is 5.69 Å². The third-order valence-electron chi connectivity index (χ3n) is 1.87. The van der Waals surface area contributed by atoms with Gasteiger partial charge in [-0.2, -0.15) is 0 Å². The van der Waals surface area contributed by atoms with E-state index >= 15 is 0 Å². The molecule has 1 rings (SSSR count). The van der Waals surface area contributed by atoms with Gasteiger partial charge in [-0.3, -0.25) is 30.3 Å². The first-order chi connectivity index (χ1) is 7.88. The number of hydrogen-bond acceptors (Lipinski definition) is 6. The standard InChI is InChI=1S/C8H7N3O6/c12-9(13)4-6-1-7(5-10(14)15)3-8(2-6)11(16)17/h1-3H,4-5H2. The van der Waals surface area contributed by atoms with Gasteiger partial charge in [0.1, 0.15) is 0 Å². The number of nitro groups is 3. The quantitative estimate of drug-likeness (QED) is 0.561. The van der Waals surface area contributed by atoms with E-state index in [2.05, 4.69) is 0 Å². The van der Waals surface area contributed by atoms with Crippen LogP contribution in [0.25, 0.3) is 0 Å². The summed E-state index contributed by atoms with van der Waals surface area (Å²) in [7, 11) is 0. The van der Waals surface area contributed by atoms with E-state index < -0.39 is 27.9 Å². The van der Waals surface area contributed by atoms with Crippen molar-refractivity contribution in [3.8, 4) is 0 Å². The monoisotopic (exact) mass is 241 g/mol. The van der Waals surface area contributed by atoms with E-state index in [1.54, 1.807) is 0 Å². The minimum Gasteiger partial charge on any atom is -0.264 e. The number of nitro benzene ring substituents is 1. The Kier molecular flexibility index (Phi) is 3.65. The molecule has 1 aromatic carbocycles. The second kappa shape index (κ2) is 4.96. The largest absolute Gasteiger partial charge is 0.270 e. The molecule has 0 saturated carbocycles. The summed E-state index contributed by atoms with van der Waals surface area (Å²) < 4.78 is 0. The van der Waals surface area contributed by atoms with Crippen LogP contribution in [0.2, 0.25) is 0 Å². The molecule has 0 radical (unpaired) electrons. The zero-order valence-corrected chi connectivity index (χ0v) is 8.44. The Morgan fingerprint density at radius 2 is 1.24 bits per heavy atom. The van der Waals surface area contributed by atoms with E-state index in [0.29, 0.717) is 0 Å². The first-order valence-electron chi connectivity index (χ1n) is 4.39. The molecule has 0 unspecified atom stereocenters. The van der Waals surface area contributed by atoms with E-state index in [4.69, 9.17) is 0 Å². The zero-order chi connectivity index (χ0) is 13.0. The second-order valence-electron chi connectivity index (χ2n) is 3.25. The minimum atomic E-state index is -0.743. The van der Waals surface area contributed by atoms with Gasteiger partial charge in [-0.1, -0.05) is 0 Å². The number of benzene rings is 1. The summed E-state index contributed by atoms with van der Waals surface area (Å²) in [5.74, 6) is 0. The Morgan fingerprint density at radius 1 is 0.824 bits per heavy atom. The molecule has 0 aliphatic heterocycles. The molecule has 0 N–H and O–H groups in total. The summed E-state index contributed by atoms with van der Waals surface area (Å²) >= 11 is 0. The van der Waals surface area contributed by atoms with E-state index in [-0.39, 0.29) is 16.8 Å². The summed E-state index contributed by atoms with van der Waals surface area (Å²) in [6.07, 6.45) is 0. The van der Waals surface area contributed by atoms with E-state index in [0.717, 1.165) is 12.1 Å². The van der Waals surface area contributed by atoms with Gasteiger partial charge < -0.3 is 0 Å². The predicted octanol–water partition coefficient (Wildman–Crippen LogP) is 1.15. The number of non-ortho nitro benzene ring substituents is 1. The van der Waals surface area contributed by atoms with Crippen LogP contribution in [0, 0.1) is 30.3 Å². The van der Waals surface area contributed by atoms with Gasteiger partial charge in [0.15, 0.2) is 0 Å². The molecular formula is C8H7N3O6. The summed E-state index contributed by atoms with van der Waals surface area (Å²) in [6, 6.07) is 3.29. The van der Waals surface area contributed by atoms with Crippen LogP contribution in [0.5, 0.6) is 0 Å². The minimum absolute atomic E-state index is 0.0704. The Hall–Kier alpha value is -2.58. The summed E-state index contributed by atoms with van der Waals surface area (Å²) in [6.45, 7) is -1.21. The van der Waals surface area contributed by atoms with Crippen LogP contribution >= 0.6 is 0 Å². The number of nitrogens with zero attached hydrogens (tertiary/aromatic N) is 3. The molecule has 90 valence electrons. The molecule has 0 aromatic heterocycles. The lowest BCUT2D eigenvalue weighted by Gasteiger charge is -2.00. The highest BCUT2D eigenvalue weighted by Crippen LogP contribution is 2.18. The molecule has 0 fully saturated rings. The lowest BCUT2D eigenvalue weighted by molar-refractivity contribution is -0.498. The SMILES string of the molecule is O=[N+]([O-])Cc1cc(C[N+](=O)[O-])cc([N+](=O)[O-])c1. The first-order valence-corrected chi connectivity index (χ1v) is 4.39. The third kappa shape index (κ3) is 3.81. The lowest BCUT2D eigenvalue weighted by atomic mass is 10.1. The molecule has 1 aromatic rings. The molecule has 0 atom stereocenters. The normalized spacial score (nSPS) is 9.88. The van der Waals surface area contributed by atoms with E-state index in [9.17, 15) is 30.3 Å². The molecule has 17 heavy (non-hydrogen) atoms. The van der Waals surface area contributed by atoms with E-state index in [1.807, 2.05) is 0 Å². The highest BCUT2D eigenvalue weighted by molar-refractivity contribution is 5.38. The second-order valence-corrected chi connectivity index (χ2v) is 3.25. The molecule has 0 bridgehead atoms. The van der Waals surface area contributed by atoms with Crippen LogP contribution in [-0.4, -0.2) is 14.8 Å². The van der Waals surface area contributed by atoms with Crippen LogP contribution in [-0.2, 0) is 13.1 Å². The number of rotatable bonds is 5. The van der Waals surface area contributed by atoms with Crippen molar-refractivity contribution >= 4 is 5.69 Å². The maximum absolute atomic E-state index is 10.5. The van der Waals surface area contributed by atoms with Crippen molar-refractivity contribution in [3.05, 3.63) is 59.7 Å². The summed E-state index contributed by atoms with van der Waals surface area (Å²) in [4.78, 5) is 29.1. The Morgan fingerprint density at radius 3 is 1.53 bits per heavy atom. The van der Waals surface area contributed by atoms with Crippen molar-refractivity contribution in [3.63, 3.8) is 0 Å². The lowest BCUT2D eigenvalue weighted by Crippen LogP contribution is -2.03. The molecule has 0 aliphatic rings. The maximum Gasteiger partial charge on any atom is 0.270 e. The van der Waals surface area contributed by atoms with Gasteiger partial charge in [-0.15, -0.1) is 0 Å². The number of hydrogen-bond donors (Lipinski definition) is 0. The van der Waals surface area contributed by atoms with Crippen LogP contribution in [0.15, 0.2) is 18.2 Å². The Bertz CT molecular complexity index is 452. The average molecular weight is 241 g/mol. The summed E-state index contributed by atoms with van der Waals surface area (Å²) in [5.41, 5.74) is -0.247. The summed E-state index contributed by atoms with van der Waals surface area (Å²) in [5, 5.41) is 31.1. The van der Waals surface area contributed by atoms with Crippen LogP contribution < -0.4 is 0 Å². The molecule has 9 heteroatoms. The molecule has 0 amide bonds. The molecule has 0 saturated heterocycles. The fourth-order valence-corrected chi connectivity index (χ4v) is 1.33. The maximum atomic E-state index is 10.5. The van der Waals surface area contributed by atoms with Gasteiger partial charge >= 0.3 is 0 Å². The molecule has 0 aliphatic carbocycles. The highest BCUT2D eigenvalue weighted by atomic mass is 16.6. The van der Waals surface area contributed by atoms with Crippen molar-refractivity contribution in [2.24, 2.45) is 0 Å². The van der Waals surface area contributed by atoms with Gasteiger partial charge in [0.2, 0.25) is 13.1 Å². The van der Waals surface area contributed by atoms with Gasteiger partial charge in [-0.05, 0) is 6.07 Å². The molecule has 0 heterocycles. The fourth-order valence-electron chi connectivity index (χ4n) is 1.33. The van der Waals surface area contributed by atoms with Crippen LogP contribution in [0.3, 0.4) is 0 Å². The Labute approximate surface area is 94.1 Å². The Balaban J connectivity index is 3.13. The van der Waals surface area contributed by atoms with Crippen molar-refractivity contribution in [1.82, 2.24) is 0 Å². The third-order valence-corrected chi connectivity index (χ3v) is 1.87. The van der Waals surface area contributed by atoms with Crippen molar-refractivity contribution in [2.75, 3.05) is 0 Å². The van der Waals surface area contributed by atoms with Gasteiger partial charge in [0.05, 0.1) is 4.92 Å². The van der Waals surface area contributed by atoms with Crippen molar-refractivity contribution in [2.45, 2.75) is 13.1 Å². The van der Waals surface area contributed by atoms with Crippen molar-refractivity contribution in [1.29, 1.82) is 0 Å². The zero-order valence-electron chi connectivity index (χ0n) is 8.44. The first kappa shape index (κ1) is 12.5. The van der Waals surface area contributed by atoms with Gasteiger partial charge in [0.25, 0.3) is 5.69 Å². The fraction of sp³-hybridized carbons (Fsp3) is 0.250. The molecule has 0 spiro atoms. The van der Waals surface area contributed by atoms with Crippen molar-refractivity contribution < 1.29 is 14.8 Å². The highest BCUT2D eigenvalue weighted by Gasteiger charge is 2.15.